The summed E-state index contributed by atoms with van der Waals surface area (Å²) < 4.78 is 0. The highest BCUT2D eigenvalue weighted by Gasteiger charge is 2.40. The fourth-order valence-electron chi connectivity index (χ4n) is 3.22. The molecule has 4 rings (SSSR count). The van der Waals surface area contributed by atoms with Crippen LogP contribution in [-0.4, -0.2) is 24.8 Å². The van der Waals surface area contributed by atoms with Crippen molar-refractivity contribution in [2.75, 3.05) is 7.05 Å². The number of carbonyl (C=O) groups excluding carboxylic acids is 3. The molecule has 2 heterocycles. The number of hydrogen-bond donors (Lipinski definition) is 3. The van der Waals surface area contributed by atoms with Crippen molar-refractivity contribution in [3.63, 3.8) is 0 Å². The van der Waals surface area contributed by atoms with Crippen molar-refractivity contribution in [3.8, 4) is 0 Å². The van der Waals surface area contributed by atoms with Gasteiger partial charge in [-0.15, -0.1) is 0 Å². The molecule has 0 aliphatic carbocycles. The van der Waals surface area contributed by atoms with Gasteiger partial charge in [0.2, 0.25) is 0 Å². The smallest absolute Gasteiger partial charge is 0.258 e. The van der Waals surface area contributed by atoms with Crippen molar-refractivity contribution in [3.05, 3.63) is 81.4 Å². The Morgan fingerprint density at radius 3 is 2.00 bits per heavy atom. The quantitative estimate of drug-likeness (QED) is 0.763. The topological polar surface area (TPSA) is 87.3 Å². The Morgan fingerprint density at radius 1 is 0.889 bits per heavy atom. The number of hydrogen-bond acceptors (Lipinski definition) is 3. The highest BCUT2D eigenvalue weighted by Crippen LogP contribution is 2.37. The third-order valence-electron chi connectivity index (χ3n) is 4.43. The Balaban J connectivity index is 1.87. The average Bonchev–Trinajstić information content (AvgIpc) is 3.20. The highest BCUT2D eigenvalue weighted by atomic mass is 35.5. The number of nitrogens with one attached hydrogen (secondary N) is 3. The van der Waals surface area contributed by atoms with Crippen LogP contribution < -0.4 is 16.0 Å². The van der Waals surface area contributed by atoms with Crippen LogP contribution >= 0.6 is 11.6 Å². The lowest BCUT2D eigenvalue weighted by atomic mass is 10.0. The first-order chi connectivity index (χ1) is 13.0. The van der Waals surface area contributed by atoms with Gasteiger partial charge in [0.05, 0.1) is 22.5 Å². The fourth-order valence-corrected chi connectivity index (χ4v) is 3.41. The second-order valence-electron chi connectivity index (χ2n) is 6.08. The number of carbonyl (C=O) groups is 3. The van der Waals surface area contributed by atoms with Crippen LogP contribution in [0.15, 0.2) is 59.7 Å². The van der Waals surface area contributed by atoms with Gasteiger partial charge in [0.25, 0.3) is 17.7 Å². The number of fused-ring (bicyclic) bond motifs is 1. The number of amides is 3. The molecule has 0 aromatic heterocycles. The maximum Gasteiger partial charge on any atom is 0.258 e. The van der Waals surface area contributed by atoms with Crippen LogP contribution in [-0.2, 0) is 9.59 Å². The summed E-state index contributed by atoms with van der Waals surface area (Å²) in [6, 6.07) is 13.7. The van der Waals surface area contributed by atoms with Crippen LogP contribution in [0, 0.1) is 0 Å². The Kier molecular flexibility index (Phi) is 4.05. The Labute approximate surface area is 159 Å². The van der Waals surface area contributed by atoms with E-state index in [0.717, 1.165) is 0 Å². The number of halogens is 1. The van der Waals surface area contributed by atoms with E-state index in [1.54, 1.807) is 48.5 Å². The molecular weight excluding hydrogens is 366 g/mol. The van der Waals surface area contributed by atoms with E-state index in [-0.39, 0.29) is 28.9 Å². The van der Waals surface area contributed by atoms with E-state index in [1.807, 2.05) is 0 Å². The molecule has 2 aromatic rings. The minimum Gasteiger partial charge on any atom is -0.355 e. The molecule has 0 saturated carbocycles. The second kappa shape index (κ2) is 6.41. The van der Waals surface area contributed by atoms with E-state index in [2.05, 4.69) is 16.0 Å². The molecular formula is C20H14ClN3O3. The molecule has 2 aromatic carbocycles. The Morgan fingerprint density at radius 2 is 1.44 bits per heavy atom. The Bertz CT molecular complexity index is 1090. The predicted octanol–water partition coefficient (Wildman–Crippen LogP) is 2.08. The second-order valence-corrected chi connectivity index (χ2v) is 6.51. The maximum absolute atomic E-state index is 12.6. The van der Waals surface area contributed by atoms with Crippen LogP contribution in [0.3, 0.4) is 0 Å². The largest absolute Gasteiger partial charge is 0.355 e. The Hall–Kier alpha value is -3.38. The first-order valence-corrected chi connectivity index (χ1v) is 8.57. The van der Waals surface area contributed by atoms with Crippen molar-refractivity contribution in [2.24, 2.45) is 0 Å². The summed E-state index contributed by atoms with van der Waals surface area (Å²) in [6.07, 6.45) is 0. The van der Waals surface area contributed by atoms with E-state index in [0.29, 0.717) is 33.1 Å². The van der Waals surface area contributed by atoms with Crippen molar-refractivity contribution in [1.82, 2.24) is 16.0 Å². The molecule has 2 aliphatic heterocycles. The highest BCUT2D eigenvalue weighted by molar-refractivity contribution is 6.32. The number of benzene rings is 2. The maximum atomic E-state index is 12.6. The molecule has 2 aliphatic rings. The van der Waals surface area contributed by atoms with Crippen molar-refractivity contribution in [1.29, 1.82) is 0 Å². The predicted molar refractivity (Wildman–Crippen MR) is 101 cm³/mol. The molecule has 0 radical (unpaired) electrons. The first kappa shape index (κ1) is 17.1. The van der Waals surface area contributed by atoms with Crippen molar-refractivity contribution < 1.29 is 14.4 Å². The van der Waals surface area contributed by atoms with E-state index in [9.17, 15) is 14.4 Å². The summed E-state index contributed by atoms with van der Waals surface area (Å²) in [5.41, 5.74) is 3.02. The summed E-state index contributed by atoms with van der Waals surface area (Å²) in [5.74, 6) is -1.00. The molecule has 27 heavy (non-hydrogen) atoms. The van der Waals surface area contributed by atoms with Gasteiger partial charge in [0.15, 0.2) is 0 Å². The summed E-state index contributed by atoms with van der Waals surface area (Å²) in [4.78, 5) is 37.1. The molecule has 6 nitrogen and oxygen atoms in total. The monoisotopic (exact) mass is 379 g/mol. The van der Waals surface area contributed by atoms with Gasteiger partial charge in [0.1, 0.15) is 0 Å². The lowest BCUT2D eigenvalue weighted by Crippen LogP contribution is -2.22. The van der Waals surface area contributed by atoms with Gasteiger partial charge in [-0.25, -0.2) is 0 Å². The molecule has 0 unspecified atom stereocenters. The van der Waals surface area contributed by atoms with Gasteiger partial charge in [-0.2, -0.15) is 0 Å². The van der Waals surface area contributed by atoms with Crippen LogP contribution in [0.4, 0.5) is 0 Å². The molecule has 0 saturated heterocycles. The van der Waals surface area contributed by atoms with Gasteiger partial charge in [-0.1, -0.05) is 35.9 Å². The summed E-state index contributed by atoms with van der Waals surface area (Å²) >= 11 is 6.04. The molecule has 3 amide bonds. The third-order valence-corrected chi connectivity index (χ3v) is 4.67. The first-order valence-electron chi connectivity index (χ1n) is 8.19. The molecule has 134 valence electrons. The van der Waals surface area contributed by atoms with Crippen LogP contribution in [0.25, 0.3) is 11.4 Å². The minimum absolute atomic E-state index is 0.252. The van der Waals surface area contributed by atoms with Gasteiger partial charge >= 0.3 is 0 Å². The zero-order valence-electron chi connectivity index (χ0n) is 14.2. The van der Waals surface area contributed by atoms with E-state index in [4.69, 9.17) is 11.6 Å². The lowest BCUT2D eigenvalue weighted by molar-refractivity contribution is -0.117. The van der Waals surface area contributed by atoms with Gasteiger partial charge < -0.3 is 16.0 Å². The molecule has 0 fully saturated rings. The zero-order valence-corrected chi connectivity index (χ0v) is 15.0. The average molecular weight is 380 g/mol. The van der Waals surface area contributed by atoms with E-state index in [1.165, 1.54) is 7.05 Å². The number of rotatable bonds is 3. The van der Waals surface area contributed by atoms with E-state index >= 15 is 0 Å². The normalized spacial score (nSPS) is 15.6. The summed E-state index contributed by atoms with van der Waals surface area (Å²) in [7, 11) is 1.54. The van der Waals surface area contributed by atoms with Gasteiger partial charge in [0, 0.05) is 23.2 Å². The third kappa shape index (κ3) is 2.80. The van der Waals surface area contributed by atoms with E-state index < -0.39 is 0 Å². The summed E-state index contributed by atoms with van der Waals surface area (Å²) in [5, 5.41) is 8.58. The van der Waals surface area contributed by atoms with Crippen LogP contribution in [0.2, 0.25) is 5.02 Å². The van der Waals surface area contributed by atoms with Crippen LogP contribution in [0.5, 0.6) is 0 Å². The standard InChI is InChI=1S/C20H14ClN3O3/c1-22-18(25)12-6-2-4-10(8-12)16-14-15(20(27)23-16)17(24-19(14)26)11-5-3-7-13(21)9-11/h2-9H,1H3,(H,22,25)(H,23,27)(H,24,26). The SMILES string of the molecule is CNC(=O)c1cccc(C2=C3C(=O)NC(c4cccc(Cl)c4)=C3C(=O)N2)c1. The minimum atomic E-state index is -0.376. The summed E-state index contributed by atoms with van der Waals surface area (Å²) in [6.45, 7) is 0. The molecule has 0 bridgehead atoms. The molecule has 0 spiro atoms. The lowest BCUT2D eigenvalue weighted by Gasteiger charge is -2.08. The fraction of sp³-hybridized carbons (Fsp3) is 0.0500. The van der Waals surface area contributed by atoms with Crippen molar-refractivity contribution in [2.45, 2.75) is 0 Å². The van der Waals surface area contributed by atoms with Gasteiger partial charge in [-0.3, -0.25) is 14.4 Å². The van der Waals surface area contributed by atoms with Crippen LogP contribution in [0.1, 0.15) is 21.5 Å². The zero-order chi connectivity index (χ0) is 19.1. The van der Waals surface area contributed by atoms with Gasteiger partial charge in [-0.05, 0) is 29.8 Å². The van der Waals surface area contributed by atoms with Crippen molar-refractivity contribution >= 4 is 40.7 Å². The molecule has 7 heteroatoms. The molecule has 3 N–H and O–H groups in total. The molecule has 0 atom stereocenters.